The minimum atomic E-state index is 0.693. The summed E-state index contributed by atoms with van der Waals surface area (Å²) in [4.78, 5) is 4.18. The predicted molar refractivity (Wildman–Crippen MR) is 57.5 cm³/mol. The van der Waals surface area contributed by atoms with Crippen LogP contribution in [-0.4, -0.2) is 10.1 Å². The van der Waals surface area contributed by atoms with Gasteiger partial charge in [-0.2, -0.15) is 0 Å². The highest BCUT2D eigenvalue weighted by molar-refractivity contribution is 5.35. The smallest absolute Gasteiger partial charge is 0.138 e. The molecule has 0 aliphatic rings. The highest BCUT2D eigenvalue weighted by Crippen LogP contribution is 2.13. The molecule has 0 aliphatic heterocycles. The van der Waals surface area contributed by atoms with E-state index in [2.05, 4.69) is 15.5 Å². The first-order valence-corrected chi connectivity index (χ1v) is 4.84. The number of anilines is 1. The second-order valence-electron chi connectivity index (χ2n) is 3.37. The number of rotatable bonds is 3. The second-order valence-corrected chi connectivity index (χ2v) is 3.37. The number of aromatic nitrogens is 2. The van der Waals surface area contributed by atoms with Crippen molar-refractivity contribution in [1.29, 1.82) is 0 Å². The monoisotopic (exact) mass is 203 g/mol. The molecule has 0 aromatic carbocycles. The van der Waals surface area contributed by atoms with E-state index in [4.69, 9.17) is 4.52 Å². The van der Waals surface area contributed by atoms with Crippen molar-refractivity contribution in [1.82, 2.24) is 10.1 Å². The van der Waals surface area contributed by atoms with Crippen LogP contribution >= 0.6 is 0 Å². The Bertz CT molecular complexity index is 417. The van der Waals surface area contributed by atoms with Crippen molar-refractivity contribution in [3.8, 4) is 0 Å². The summed E-state index contributed by atoms with van der Waals surface area (Å²) in [5.74, 6) is 1.72. The number of aryl methyl sites for hydroxylation is 2. The van der Waals surface area contributed by atoms with Gasteiger partial charge in [0.1, 0.15) is 11.6 Å². The third-order valence-corrected chi connectivity index (χ3v) is 2.29. The molecule has 4 nitrogen and oxygen atoms in total. The van der Waals surface area contributed by atoms with Gasteiger partial charge in [0.05, 0.1) is 5.69 Å². The van der Waals surface area contributed by atoms with Crippen molar-refractivity contribution in [2.75, 3.05) is 5.32 Å². The van der Waals surface area contributed by atoms with Gasteiger partial charge >= 0.3 is 0 Å². The van der Waals surface area contributed by atoms with Crippen LogP contribution in [0, 0.1) is 13.8 Å². The van der Waals surface area contributed by atoms with E-state index in [-0.39, 0.29) is 0 Å². The zero-order valence-corrected chi connectivity index (χ0v) is 8.82. The fourth-order valence-corrected chi connectivity index (χ4v) is 1.40. The highest BCUT2D eigenvalue weighted by Gasteiger charge is 2.07. The molecule has 2 heterocycles. The highest BCUT2D eigenvalue weighted by atomic mass is 16.5. The van der Waals surface area contributed by atoms with Gasteiger partial charge in [-0.05, 0) is 26.0 Å². The summed E-state index contributed by atoms with van der Waals surface area (Å²) in [6, 6.07) is 5.77. The summed E-state index contributed by atoms with van der Waals surface area (Å²) in [7, 11) is 0. The maximum absolute atomic E-state index is 5.07. The zero-order chi connectivity index (χ0) is 10.7. The fourth-order valence-electron chi connectivity index (χ4n) is 1.40. The second kappa shape index (κ2) is 4.13. The third kappa shape index (κ3) is 2.15. The summed E-state index contributed by atoms with van der Waals surface area (Å²) < 4.78 is 5.07. The molecule has 0 saturated carbocycles. The molecule has 0 unspecified atom stereocenters. The zero-order valence-electron chi connectivity index (χ0n) is 8.82. The van der Waals surface area contributed by atoms with Crippen LogP contribution in [0.4, 0.5) is 5.82 Å². The van der Waals surface area contributed by atoms with Crippen LogP contribution in [0.2, 0.25) is 0 Å². The standard InChI is InChI=1S/C11H13N3O/c1-8-10(9(2)15-14-8)7-13-11-5-3-4-6-12-11/h3-6H,7H2,1-2H3,(H,12,13). The van der Waals surface area contributed by atoms with E-state index in [0.29, 0.717) is 6.54 Å². The quantitative estimate of drug-likeness (QED) is 0.831. The molecule has 0 amide bonds. The molecule has 0 aliphatic carbocycles. The lowest BCUT2D eigenvalue weighted by Crippen LogP contribution is -2.02. The van der Waals surface area contributed by atoms with E-state index in [1.807, 2.05) is 32.0 Å². The minimum Gasteiger partial charge on any atom is -0.366 e. The Balaban J connectivity index is 2.05. The van der Waals surface area contributed by atoms with Gasteiger partial charge in [0, 0.05) is 18.3 Å². The van der Waals surface area contributed by atoms with E-state index in [1.54, 1.807) is 6.20 Å². The average molecular weight is 203 g/mol. The first kappa shape index (κ1) is 9.71. The summed E-state index contributed by atoms with van der Waals surface area (Å²) >= 11 is 0. The molecule has 2 aromatic rings. The van der Waals surface area contributed by atoms with E-state index >= 15 is 0 Å². The molecule has 4 heteroatoms. The molecule has 2 rings (SSSR count). The SMILES string of the molecule is Cc1noc(C)c1CNc1ccccn1. The van der Waals surface area contributed by atoms with Gasteiger partial charge in [-0.1, -0.05) is 11.2 Å². The van der Waals surface area contributed by atoms with Gasteiger partial charge in [-0.3, -0.25) is 0 Å². The van der Waals surface area contributed by atoms with Crippen LogP contribution in [0.25, 0.3) is 0 Å². The van der Waals surface area contributed by atoms with Crippen molar-refractivity contribution in [3.05, 3.63) is 41.4 Å². The maximum atomic E-state index is 5.07. The molecular weight excluding hydrogens is 190 g/mol. The topological polar surface area (TPSA) is 51.0 Å². The van der Waals surface area contributed by atoms with Crippen LogP contribution in [0.1, 0.15) is 17.0 Å². The minimum absolute atomic E-state index is 0.693. The van der Waals surface area contributed by atoms with Crippen molar-refractivity contribution < 1.29 is 4.52 Å². The predicted octanol–water partition coefficient (Wildman–Crippen LogP) is 2.30. The normalized spacial score (nSPS) is 10.3. The first-order valence-electron chi connectivity index (χ1n) is 4.84. The van der Waals surface area contributed by atoms with E-state index in [9.17, 15) is 0 Å². The Labute approximate surface area is 88.3 Å². The maximum Gasteiger partial charge on any atom is 0.138 e. The third-order valence-electron chi connectivity index (χ3n) is 2.29. The summed E-state index contributed by atoms with van der Waals surface area (Å²) in [6.07, 6.45) is 1.76. The Morgan fingerprint density at radius 3 is 2.80 bits per heavy atom. The lowest BCUT2D eigenvalue weighted by Gasteiger charge is -2.03. The van der Waals surface area contributed by atoms with Crippen molar-refractivity contribution in [3.63, 3.8) is 0 Å². The van der Waals surface area contributed by atoms with Gasteiger partial charge in [0.2, 0.25) is 0 Å². The molecule has 0 atom stereocenters. The first-order chi connectivity index (χ1) is 7.27. The van der Waals surface area contributed by atoms with Crippen molar-refractivity contribution in [2.45, 2.75) is 20.4 Å². The van der Waals surface area contributed by atoms with Gasteiger partial charge in [-0.15, -0.1) is 0 Å². The summed E-state index contributed by atoms with van der Waals surface area (Å²) in [5, 5.41) is 7.11. The lowest BCUT2D eigenvalue weighted by atomic mass is 10.2. The van der Waals surface area contributed by atoms with Crippen molar-refractivity contribution >= 4 is 5.82 Å². The summed E-state index contributed by atoms with van der Waals surface area (Å²) in [5.41, 5.74) is 2.02. The molecule has 1 N–H and O–H groups in total. The number of hydrogen-bond donors (Lipinski definition) is 1. The number of nitrogens with zero attached hydrogens (tertiary/aromatic N) is 2. The Morgan fingerprint density at radius 2 is 2.20 bits per heavy atom. The van der Waals surface area contributed by atoms with E-state index < -0.39 is 0 Å². The molecule has 0 bridgehead atoms. The molecule has 0 radical (unpaired) electrons. The number of nitrogens with one attached hydrogen (secondary N) is 1. The van der Waals surface area contributed by atoms with Crippen LogP contribution in [0.5, 0.6) is 0 Å². The van der Waals surface area contributed by atoms with Gasteiger partial charge < -0.3 is 9.84 Å². The van der Waals surface area contributed by atoms with Gasteiger partial charge in [-0.25, -0.2) is 4.98 Å². The largest absolute Gasteiger partial charge is 0.366 e. The lowest BCUT2D eigenvalue weighted by molar-refractivity contribution is 0.392. The van der Waals surface area contributed by atoms with Gasteiger partial charge in [0.25, 0.3) is 0 Å². The fraction of sp³-hybridized carbons (Fsp3) is 0.273. The molecule has 2 aromatic heterocycles. The van der Waals surface area contributed by atoms with Gasteiger partial charge in [0.15, 0.2) is 0 Å². The molecule has 78 valence electrons. The Hall–Kier alpha value is -1.84. The van der Waals surface area contributed by atoms with Crippen LogP contribution in [0.15, 0.2) is 28.9 Å². The number of pyridine rings is 1. The van der Waals surface area contributed by atoms with Crippen LogP contribution in [0.3, 0.4) is 0 Å². The number of hydrogen-bond acceptors (Lipinski definition) is 4. The molecule has 0 fully saturated rings. The van der Waals surface area contributed by atoms with E-state index in [1.165, 1.54) is 0 Å². The van der Waals surface area contributed by atoms with Crippen LogP contribution in [-0.2, 0) is 6.54 Å². The molecular formula is C11H13N3O. The molecule has 15 heavy (non-hydrogen) atoms. The molecule has 0 spiro atoms. The van der Waals surface area contributed by atoms with E-state index in [0.717, 1.165) is 22.8 Å². The van der Waals surface area contributed by atoms with Crippen LogP contribution < -0.4 is 5.32 Å². The Kier molecular flexibility index (Phi) is 2.67. The molecule has 0 saturated heterocycles. The summed E-state index contributed by atoms with van der Waals surface area (Å²) in [6.45, 7) is 4.54. The van der Waals surface area contributed by atoms with Crippen molar-refractivity contribution in [2.24, 2.45) is 0 Å². The Morgan fingerprint density at radius 1 is 1.33 bits per heavy atom. The average Bonchev–Trinajstić information content (AvgIpc) is 2.58.